The fraction of sp³-hybridized carbons (Fsp3) is 0.368. The van der Waals surface area contributed by atoms with Crippen LogP contribution in [0.1, 0.15) is 35.8 Å². The van der Waals surface area contributed by atoms with Crippen LogP contribution in [0.4, 0.5) is 10.1 Å². The lowest BCUT2D eigenvalue weighted by atomic mass is 10.2. The first-order chi connectivity index (χ1) is 12.1. The summed E-state index contributed by atoms with van der Waals surface area (Å²) in [6.07, 6.45) is 4.59. The van der Waals surface area contributed by atoms with Crippen molar-refractivity contribution in [3.63, 3.8) is 0 Å². The largest absolute Gasteiger partial charge is 0.340 e. The van der Waals surface area contributed by atoms with Gasteiger partial charge in [-0.15, -0.1) is 0 Å². The number of hydrogen-bond donors (Lipinski definition) is 0. The molecule has 6 heteroatoms. The van der Waals surface area contributed by atoms with E-state index in [1.54, 1.807) is 31.3 Å². The number of anilines is 1. The fourth-order valence-electron chi connectivity index (χ4n) is 3.50. The molecular weight excluding hydrogens is 321 g/mol. The topological polar surface area (TPSA) is 45.6 Å². The second-order valence-corrected chi connectivity index (χ2v) is 6.69. The third kappa shape index (κ3) is 2.71. The van der Waals surface area contributed by atoms with Crippen LogP contribution in [0, 0.1) is 5.82 Å². The van der Waals surface area contributed by atoms with Crippen LogP contribution in [0.3, 0.4) is 0 Å². The molecule has 1 aromatic heterocycles. The maximum Gasteiger partial charge on any atom is 0.270 e. The normalized spacial score (nSPS) is 20.2. The number of carbonyl (C=O) groups excluding carboxylic acids is 2. The lowest BCUT2D eigenvalue weighted by Gasteiger charge is -2.24. The lowest BCUT2D eigenvalue weighted by molar-refractivity contribution is -0.120. The molecule has 1 aliphatic carbocycles. The second-order valence-electron chi connectivity index (χ2n) is 6.69. The number of aromatic nitrogens is 1. The second kappa shape index (κ2) is 6.02. The summed E-state index contributed by atoms with van der Waals surface area (Å²) < 4.78 is 16.0. The maximum absolute atomic E-state index is 14.0. The molecule has 1 saturated heterocycles. The number of carbonyl (C=O) groups is 2. The summed E-state index contributed by atoms with van der Waals surface area (Å²) in [5, 5.41) is 0. The molecule has 2 aromatic rings. The van der Waals surface area contributed by atoms with Crippen molar-refractivity contribution in [1.82, 2.24) is 9.47 Å². The zero-order valence-electron chi connectivity index (χ0n) is 14.1. The zero-order valence-corrected chi connectivity index (χ0v) is 14.1. The minimum atomic E-state index is -0.561. The van der Waals surface area contributed by atoms with Crippen LogP contribution >= 0.6 is 0 Å². The highest BCUT2D eigenvalue weighted by molar-refractivity contribution is 6.03. The summed E-state index contributed by atoms with van der Waals surface area (Å²) in [7, 11) is 1.65. The average Bonchev–Trinajstić information content (AvgIpc) is 3.22. The van der Waals surface area contributed by atoms with Crippen molar-refractivity contribution in [3.8, 4) is 0 Å². The first-order valence-electron chi connectivity index (χ1n) is 8.58. The van der Waals surface area contributed by atoms with Crippen LogP contribution in [0.15, 0.2) is 42.6 Å². The summed E-state index contributed by atoms with van der Waals surface area (Å²) in [4.78, 5) is 28.6. The molecule has 0 spiro atoms. The molecule has 2 heterocycles. The number of amides is 2. The van der Waals surface area contributed by atoms with E-state index in [-0.39, 0.29) is 17.5 Å². The van der Waals surface area contributed by atoms with E-state index in [1.807, 2.05) is 16.8 Å². The number of nitrogens with zero attached hydrogens (tertiary/aromatic N) is 3. The van der Waals surface area contributed by atoms with E-state index in [0.29, 0.717) is 24.7 Å². The quantitative estimate of drug-likeness (QED) is 0.858. The Kier molecular flexibility index (Phi) is 3.82. The minimum absolute atomic E-state index is 0.161. The van der Waals surface area contributed by atoms with Gasteiger partial charge in [-0.2, -0.15) is 0 Å². The van der Waals surface area contributed by atoms with Crippen LogP contribution in [-0.4, -0.2) is 40.9 Å². The predicted molar refractivity (Wildman–Crippen MR) is 92.0 cm³/mol. The van der Waals surface area contributed by atoms with Crippen LogP contribution in [0.2, 0.25) is 0 Å². The Morgan fingerprint density at radius 2 is 1.92 bits per heavy atom. The highest BCUT2D eigenvalue weighted by atomic mass is 19.1. The molecule has 25 heavy (non-hydrogen) atoms. The number of rotatable bonds is 4. The van der Waals surface area contributed by atoms with Gasteiger partial charge in [0.1, 0.15) is 17.6 Å². The van der Waals surface area contributed by atoms with Crippen molar-refractivity contribution in [3.05, 3.63) is 54.1 Å². The molecule has 1 atom stereocenters. The molecule has 0 N–H and O–H groups in total. The van der Waals surface area contributed by atoms with E-state index in [2.05, 4.69) is 0 Å². The standard InChI is InChI=1S/C19H20FN3O2/c1-21(18(24)17-7-4-11-22(17)13-8-9-13)16-10-12-23(19(16)25)15-6-3-2-5-14(15)20/h2-7,11,13,16H,8-10,12H2,1H3. The van der Waals surface area contributed by atoms with Crippen molar-refractivity contribution in [2.24, 2.45) is 0 Å². The number of benzene rings is 1. The van der Waals surface area contributed by atoms with E-state index in [1.165, 1.54) is 15.9 Å². The fourth-order valence-corrected chi connectivity index (χ4v) is 3.50. The van der Waals surface area contributed by atoms with Gasteiger partial charge >= 0.3 is 0 Å². The monoisotopic (exact) mass is 341 g/mol. The van der Waals surface area contributed by atoms with E-state index < -0.39 is 11.9 Å². The van der Waals surface area contributed by atoms with E-state index in [4.69, 9.17) is 0 Å². The molecule has 2 fully saturated rings. The number of para-hydroxylation sites is 1. The van der Waals surface area contributed by atoms with Crippen molar-refractivity contribution < 1.29 is 14.0 Å². The van der Waals surface area contributed by atoms with Gasteiger partial charge in [0.2, 0.25) is 5.91 Å². The molecule has 4 rings (SSSR count). The van der Waals surface area contributed by atoms with Gasteiger partial charge in [0, 0.05) is 25.8 Å². The summed E-state index contributed by atoms with van der Waals surface area (Å²) in [6.45, 7) is 0.408. The Bertz CT molecular complexity index is 828. The Morgan fingerprint density at radius 3 is 2.64 bits per heavy atom. The maximum atomic E-state index is 14.0. The Balaban J connectivity index is 1.54. The average molecular weight is 341 g/mol. The third-order valence-electron chi connectivity index (χ3n) is 5.05. The highest BCUT2D eigenvalue weighted by Gasteiger charge is 2.39. The van der Waals surface area contributed by atoms with Crippen LogP contribution in [0.5, 0.6) is 0 Å². The summed E-state index contributed by atoms with van der Waals surface area (Å²) in [5.41, 5.74) is 0.888. The van der Waals surface area contributed by atoms with Crippen molar-refractivity contribution in [2.75, 3.05) is 18.5 Å². The zero-order chi connectivity index (χ0) is 17.6. The molecule has 0 radical (unpaired) electrons. The molecule has 130 valence electrons. The molecule has 1 saturated carbocycles. The van der Waals surface area contributed by atoms with Crippen molar-refractivity contribution in [2.45, 2.75) is 31.3 Å². The van der Waals surface area contributed by atoms with Gasteiger partial charge in [0.15, 0.2) is 0 Å². The third-order valence-corrected chi connectivity index (χ3v) is 5.05. The molecule has 1 unspecified atom stereocenters. The van der Waals surface area contributed by atoms with Gasteiger partial charge in [-0.05, 0) is 43.5 Å². The number of likely N-dealkylation sites (N-methyl/N-ethyl adjacent to an activating group) is 1. The summed E-state index contributed by atoms with van der Waals surface area (Å²) in [5.74, 6) is -0.816. The van der Waals surface area contributed by atoms with E-state index in [9.17, 15) is 14.0 Å². The summed E-state index contributed by atoms with van der Waals surface area (Å²) >= 11 is 0. The Labute approximate surface area is 145 Å². The molecule has 1 aliphatic heterocycles. The van der Waals surface area contributed by atoms with Gasteiger partial charge in [0.05, 0.1) is 5.69 Å². The molecule has 2 aliphatic rings. The Morgan fingerprint density at radius 1 is 1.16 bits per heavy atom. The molecule has 5 nitrogen and oxygen atoms in total. The molecule has 1 aromatic carbocycles. The van der Waals surface area contributed by atoms with Crippen LogP contribution in [-0.2, 0) is 4.79 Å². The van der Waals surface area contributed by atoms with Gasteiger partial charge in [-0.25, -0.2) is 4.39 Å². The first kappa shape index (κ1) is 15.9. The smallest absolute Gasteiger partial charge is 0.270 e. The van der Waals surface area contributed by atoms with Gasteiger partial charge in [0.25, 0.3) is 5.91 Å². The molecular formula is C19H20FN3O2. The van der Waals surface area contributed by atoms with Crippen LogP contribution < -0.4 is 4.90 Å². The van der Waals surface area contributed by atoms with E-state index >= 15 is 0 Å². The number of hydrogen-bond acceptors (Lipinski definition) is 2. The van der Waals surface area contributed by atoms with Crippen molar-refractivity contribution in [1.29, 1.82) is 0 Å². The van der Waals surface area contributed by atoms with Gasteiger partial charge < -0.3 is 14.4 Å². The molecule has 0 bridgehead atoms. The SMILES string of the molecule is CN(C(=O)c1cccn1C1CC1)C1CCN(c2ccccc2F)C1=O. The first-order valence-corrected chi connectivity index (χ1v) is 8.58. The van der Waals surface area contributed by atoms with Gasteiger partial charge in [-0.1, -0.05) is 12.1 Å². The predicted octanol–water partition coefficient (Wildman–Crippen LogP) is 2.84. The molecule has 2 amide bonds. The van der Waals surface area contributed by atoms with Gasteiger partial charge in [-0.3, -0.25) is 9.59 Å². The highest BCUT2D eigenvalue weighted by Crippen LogP contribution is 2.36. The summed E-state index contributed by atoms with van der Waals surface area (Å²) in [6, 6.07) is 9.73. The van der Waals surface area contributed by atoms with Crippen molar-refractivity contribution >= 4 is 17.5 Å². The Hall–Kier alpha value is -2.63. The van der Waals surface area contributed by atoms with E-state index in [0.717, 1.165) is 12.8 Å². The lowest BCUT2D eigenvalue weighted by Crippen LogP contribution is -2.43. The number of halogens is 1. The van der Waals surface area contributed by atoms with Crippen LogP contribution in [0.25, 0.3) is 0 Å². The minimum Gasteiger partial charge on any atom is -0.340 e.